The van der Waals surface area contributed by atoms with Crippen molar-refractivity contribution in [3.63, 3.8) is 0 Å². The second-order valence-electron chi connectivity index (χ2n) is 2.28. The molecule has 0 aliphatic heterocycles. The van der Waals surface area contributed by atoms with Gasteiger partial charge in [-0.15, -0.1) is 0 Å². The molecule has 0 bridgehead atoms. The molecule has 12 heavy (non-hydrogen) atoms. The molecule has 1 unspecified atom stereocenters. The molecule has 0 aliphatic carbocycles. The van der Waals surface area contributed by atoms with Gasteiger partial charge in [-0.05, 0) is 0 Å². The smallest absolute Gasteiger partial charge is 0.404 e. The predicted octanol–water partition coefficient (Wildman–Crippen LogP) is -1.96. The molecule has 0 radical (unpaired) electrons. The number of rotatable bonds is 5. The predicted molar refractivity (Wildman–Crippen MR) is 39.2 cm³/mol. The lowest BCUT2D eigenvalue weighted by molar-refractivity contribution is -0.0114. The number of carbonyl (C=O) groups is 1. The number of aliphatic hydroxyl groups excluding tert-OH is 3. The van der Waals surface area contributed by atoms with E-state index in [0.29, 0.717) is 0 Å². The fraction of sp³-hybridized carbons (Fsp3) is 0.833. The largest absolute Gasteiger partial charge is 0.443 e. The van der Waals surface area contributed by atoms with Gasteiger partial charge >= 0.3 is 6.09 Å². The van der Waals surface area contributed by atoms with Gasteiger partial charge in [0.25, 0.3) is 0 Å². The third-order valence-corrected chi connectivity index (χ3v) is 1.44. The summed E-state index contributed by atoms with van der Waals surface area (Å²) in [6.07, 6.45) is -1.99. The molecule has 0 heterocycles. The Labute approximate surface area is 69.6 Å². The molecule has 6 nitrogen and oxygen atoms in total. The molecular weight excluding hydrogens is 166 g/mol. The van der Waals surface area contributed by atoms with Crippen LogP contribution in [0.15, 0.2) is 0 Å². The number of primary amides is 1. The summed E-state index contributed by atoms with van der Waals surface area (Å²) < 4.78 is 4.41. The van der Waals surface area contributed by atoms with Crippen LogP contribution in [0.3, 0.4) is 0 Å². The van der Waals surface area contributed by atoms with E-state index in [9.17, 15) is 4.79 Å². The third-order valence-electron chi connectivity index (χ3n) is 1.44. The van der Waals surface area contributed by atoms with E-state index in [1.165, 1.54) is 0 Å². The lowest BCUT2D eigenvalue weighted by Gasteiger charge is -2.20. The number of carbonyl (C=O) groups excluding carboxylic acids is 1. The zero-order valence-corrected chi connectivity index (χ0v) is 6.51. The Bertz CT molecular complexity index is 136. The normalized spacial score (nSPS) is 13.0. The molecule has 0 rings (SSSR count). The van der Waals surface area contributed by atoms with Crippen LogP contribution in [-0.2, 0) is 4.74 Å². The van der Waals surface area contributed by atoms with Crippen LogP contribution in [0.2, 0.25) is 0 Å². The van der Waals surface area contributed by atoms with Crippen molar-refractivity contribution >= 4 is 6.09 Å². The number of hydrogen-bond donors (Lipinski definition) is 4. The molecule has 0 saturated carbocycles. The summed E-state index contributed by atoms with van der Waals surface area (Å²) >= 11 is 0. The summed E-state index contributed by atoms with van der Waals surface area (Å²) in [4.78, 5) is 10.2. The molecule has 1 amide bonds. The number of hydrogen-bond acceptors (Lipinski definition) is 5. The minimum Gasteiger partial charge on any atom is -0.443 e. The van der Waals surface area contributed by atoms with Crippen LogP contribution < -0.4 is 5.73 Å². The highest BCUT2D eigenvalue weighted by Crippen LogP contribution is 2.05. The maximum absolute atomic E-state index is 10.2. The van der Waals surface area contributed by atoms with Gasteiger partial charge in [0.05, 0.1) is 19.8 Å². The van der Waals surface area contributed by atoms with Gasteiger partial charge in [-0.25, -0.2) is 4.79 Å². The van der Waals surface area contributed by atoms with Crippen molar-refractivity contribution in [2.24, 2.45) is 11.7 Å². The van der Waals surface area contributed by atoms with Crippen molar-refractivity contribution in [1.29, 1.82) is 0 Å². The third kappa shape index (κ3) is 3.51. The molecule has 5 N–H and O–H groups in total. The van der Waals surface area contributed by atoms with Crippen molar-refractivity contribution in [2.75, 3.05) is 19.8 Å². The molecule has 0 aromatic carbocycles. The highest BCUT2D eigenvalue weighted by molar-refractivity contribution is 5.64. The minimum absolute atomic E-state index is 0.380. The van der Waals surface area contributed by atoms with Gasteiger partial charge < -0.3 is 25.8 Å². The summed E-state index contributed by atoms with van der Waals surface area (Å²) in [6, 6.07) is 0. The molecule has 6 heteroatoms. The summed E-state index contributed by atoms with van der Waals surface area (Å²) in [5.41, 5.74) is 4.68. The van der Waals surface area contributed by atoms with Crippen LogP contribution in [0.1, 0.15) is 0 Å². The Hall–Kier alpha value is -0.850. The summed E-state index contributed by atoms with van der Waals surface area (Å²) in [7, 11) is 0. The number of nitrogens with two attached hydrogens (primary N) is 1. The molecular formula is C6H13NO5. The Kier molecular flexibility index (Phi) is 5.35. The first-order chi connectivity index (χ1) is 5.65. The van der Waals surface area contributed by atoms with Crippen molar-refractivity contribution < 1.29 is 24.9 Å². The lowest BCUT2D eigenvalue weighted by Crippen LogP contribution is -2.36. The van der Waals surface area contributed by atoms with Crippen molar-refractivity contribution in [3.8, 4) is 0 Å². The van der Waals surface area contributed by atoms with Gasteiger partial charge in [0, 0.05) is 5.92 Å². The van der Waals surface area contributed by atoms with Gasteiger partial charge in [-0.3, -0.25) is 0 Å². The topological polar surface area (TPSA) is 113 Å². The number of aliphatic hydroxyl groups is 3. The quantitative estimate of drug-likeness (QED) is 0.391. The number of amides is 1. The van der Waals surface area contributed by atoms with E-state index in [2.05, 4.69) is 10.5 Å². The van der Waals surface area contributed by atoms with Crippen molar-refractivity contribution in [3.05, 3.63) is 0 Å². The first-order valence-corrected chi connectivity index (χ1v) is 3.44. The van der Waals surface area contributed by atoms with Crippen LogP contribution in [-0.4, -0.2) is 47.3 Å². The fourth-order valence-corrected chi connectivity index (χ4v) is 0.725. The maximum Gasteiger partial charge on any atom is 0.404 e. The summed E-state index contributed by atoms with van der Waals surface area (Å²) in [5, 5.41) is 25.9. The van der Waals surface area contributed by atoms with Crippen LogP contribution in [0.5, 0.6) is 0 Å². The molecule has 0 fully saturated rings. The molecule has 0 saturated heterocycles. The Morgan fingerprint density at radius 2 is 1.75 bits per heavy atom. The Morgan fingerprint density at radius 1 is 1.25 bits per heavy atom. The highest BCUT2D eigenvalue weighted by Gasteiger charge is 2.22. The van der Waals surface area contributed by atoms with Gasteiger partial charge in [0.2, 0.25) is 0 Å². The molecule has 0 spiro atoms. The van der Waals surface area contributed by atoms with E-state index in [1.807, 2.05) is 0 Å². The SMILES string of the molecule is NC(=O)OC(CO)C(CO)CO. The van der Waals surface area contributed by atoms with Crippen molar-refractivity contribution in [1.82, 2.24) is 0 Å². The standard InChI is InChI=1S/C6H13NO5/c7-6(11)12-5(3-10)4(1-8)2-9/h4-5,8-10H,1-3H2,(H2,7,11). The minimum atomic E-state index is -1.04. The van der Waals surface area contributed by atoms with Crippen molar-refractivity contribution in [2.45, 2.75) is 6.10 Å². The van der Waals surface area contributed by atoms with Gasteiger partial charge in [0.1, 0.15) is 6.10 Å². The highest BCUT2D eigenvalue weighted by atomic mass is 16.6. The maximum atomic E-state index is 10.2. The fourth-order valence-electron chi connectivity index (χ4n) is 0.725. The molecule has 72 valence electrons. The van der Waals surface area contributed by atoms with E-state index < -0.39 is 24.7 Å². The van der Waals surface area contributed by atoms with E-state index in [4.69, 9.17) is 15.3 Å². The molecule has 1 atom stereocenters. The Balaban J connectivity index is 4.01. The van der Waals surface area contributed by atoms with Crippen LogP contribution in [0.25, 0.3) is 0 Å². The molecule has 0 aromatic heterocycles. The zero-order valence-electron chi connectivity index (χ0n) is 6.51. The summed E-state index contributed by atoms with van der Waals surface area (Å²) in [5.74, 6) is -0.692. The van der Waals surface area contributed by atoms with E-state index in [-0.39, 0.29) is 13.2 Å². The Morgan fingerprint density at radius 3 is 2.00 bits per heavy atom. The van der Waals surface area contributed by atoms with Crippen LogP contribution >= 0.6 is 0 Å². The van der Waals surface area contributed by atoms with Gasteiger partial charge in [0.15, 0.2) is 0 Å². The second kappa shape index (κ2) is 5.76. The lowest BCUT2D eigenvalue weighted by atomic mass is 10.1. The molecule has 0 aromatic rings. The summed E-state index contributed by atoms with van der Waals surface area (Å²) in [6.45, 7) is -1.24. The number of ether oxygens (including phenoxy) is 1. The average molecular weight is 179 g/mol. The van der Waals surface area contributed by atoms with Gasteiger partial charge in [-0.1, -0.05) is 0 Å². The second-order valence-corrected chi connectivity index (χ2v) is 2.28. The average Bonchev–Trinajstić information content (AvgIpc) is 2.04. The molecule has 0 aliphatic rings. The van der Waals surface area contributed by atoms with E-state index >= 15 is 0 Å². The zero-order chi connectivity index (χ0) is 9.56. The van der Waals surface area contributed by atoms with E-state index in [0.717, 1.165) is 0 Å². The van der Waals surface area contributed by atoms with Crippen LogP contribution in [0, 0.1) is 5.92 Å². The first-order valence-electron chi connectivity index (χ1n) is 3.44. The van der Waals surface area contributed by atoms with Crippen LogP contribution in [0.4, 0.5) is 4.79 Å². The monoisotopic (exact) mass is 179 g/mol. The first kappa shape index (κ1) is 11.2. The van der Waals surface area contributed by atoms with Gasteiger partial charge in [-0.2, -0.15) is 0 Å². The van der Waals surface area contributed by atoms with E-state index in [1.54, 1.807) is 0 Å².